The maximum atomic E-state index is 11.2. The van der Waals surface area contributed by atoms with E-state index in [0.717, 1.165) is 7.11 Å². The smallest absolute Gasteiger partial charge is 0.327 e. The molecule has 18 heavy (non-hydrogen) atoms. The monoisotopic (exact) mass is 250 g/mol. The van der Waals surface area contributed by atoms with Gasteiger partial charge in [0.1, 0.15) is 0 Å². The molecule has 0 spiro atoms. The van der Waals surface area contributed by atoms with E-state index in [1.54, 1.807) is 0 Å². The lowest BCUT2D eigenvalue weighted by Gasteiger charge is -2.22. The third-order valence-electron chi connectivity index (χ3n) is 2.39. The van der Waals surface area contributed by atoms with E-state index in [4.69, 9.17) is 5.11 Å². The van der Waals surface area contributed by atoms with Crippen LogP contribution in [0.25, 0.3) is 0 Å². The van der Waals surface area contributed by atoms with Gasteiger partial charge in [0, 0.05) is 31.2 Å². The Morgan fingerprint density at radius 2 is 2.06 bits per heavy atom. The zero-order valence-corrected chi connectivity index (χ0v) is 9.87. The minimum Gasteiger partial charge on any atom is -0.480 e. The van der Waals surface area contributed by atoms with Gasteiger partial charge in [-0.1, -0.05) is 0 Å². The first kappa shape index (κ1) is 13.7. The number of aliphatic carboxylic acids is 1. The minimum atomic E-state index is -1.59. The van der Waals surface area contributed by atoms with Crippen molar-refractivity contribution in [2.75, 3.05) is 7.11 Å². The van der Waals surface area contributed by atoms with Crippen molar-refractivity contribution in [1.29, 1.82) is 0 Å². The van der Waals surface area contributed by atoms with Gasteiger partial charge >= 0.3 is 11.9 Å². The molecule has 0 bridgehead atoms. The molecule has 1 aromatic rings. The Bertz CT molecular complexity index is 433. The van der Waals surface area contributed by atoms with E-state index in [0.29, 0.717) is 0 Å². The van der Waals surface area contributed by atoms with E-state index in [1.165, 1.54) is 18.5 Å². The molecular formula is C12H14N2O4. The van der Waals surface area contributed by atoms with Gasteiger partial charge in [0.15, 0.2) is 5.41 Å². The molecule has 6 nitrogen and oxygen atoms in total. The standard InChI is InChI=1S/C8H9NO4.C4H5N/c1-13-7(12)8(6(10)11)2-4-9-5-3-8;1-2-4-5-3-1/h2,4-5H,3H2,1H3,(H,10,11);1-5H. The second-order valence-electron chi connectivity index (χ2n) is 3.50. The number of carbonyl (C=O) groups is 2. The predicted octanol–water partition coefficient (Wildman–Crippen LogP) is 1.23. The van der Waals surface area contributed by atoms with Gasteiger partial charge < -0.3 is 14.8 Å². The summed E-state index contributed by atoms with van der Waals surface area (Å²) in [6, 6.07) is 3.89. The van der Waals surface area contributed by atoms with Crippen LogP contribution in [0.3, 0.4) is 0 Å². The fraction of sp³-hybridized carbons (Fsp3) is 0.250. The average Bonchev–Trinajstić information content (AvgIpc) is 2.97. The van der Waals surface area contributed by atoms with E-state index in [1.807, 2.05) is 24.5 Å². The first-order valence-electron chi connectivity index (χ1n) is 5.22. The van der Waals surface area contributed by atoms with E-state index >= 15 is 0 Å². The van der Waals surface area contributed by atoms with Crippen LogP contribution in [-0.2, 0) is 14.3 Å². The van der Waals surface area contributed by atoms with Crippen molar-refractivity contribution >= 4 is 18.2 Å². The molecule has 1 aliphatic rings. The number of carbonyl (C=O) groups excluding carboxylic acids is 1. The summed E-state index contributed by atoms with van der Waals surface area (Å²) in [4.78, 5) is 28.6. The van der Waals surface area contributed by atoms with Crippen LogP contribution in [0.1, 0.15) is 6.42 Å². The lowest BCUT2D eigenvalue weighted by molar-refractivity contribution is -0.162. The molecule has 2 N–H and O–H groups in total. The summed E-state index contributed by atoms with van der Waals surface area (Å²) < 4.78 is 4.42. The molecule has 0 aromatic carbocycles. The average molecular weight is 250 g/mol. The number of aliphatic imine (C=N–C) groups is 1. The molecule has 1 atom stereocenters. The zero-order valence-electron chi connectivity index (χ0n) is 9.87. The molecule has 2 rings (SSSR count). The van der Waals surface area contributed by atoms with Crippen LogP contribution in [0.5, 0.6) is 0 Å². The highest BCUT2D eigenvalue weighted by Gasteiger charge is 2.45. The highest BCUT2D eigenvalue weighted by Crippen LogP contribution is 2.27. The number of esters is 1. The number of carboxylic acids is 1. The number of aromatic amines is 1. The number of rotatable bonds is 2. The summed E-state index contributed by atoms with van der Waals surface area (Å²) in [5.41, 5.74) is -1.59. The zero-order chi connectivity index (χ0) is 13.4. The fourth-order valence-electron chi connectivity index (χ4n) is 1.35. The molecule has 1 unspecified atom stereocenters. The molecule has 0 saturated carbocycles. The molecule has 0 aliphatic carbocycles. The number of methoxy groups -OCH3 is 1. The second kappa shape index (κ2) is 6.39. The SMILES string of the molecule is COC(=O)C1(C(=O)O)C=CN=CC1.c1cc[nH]c1. The maximum Gasteiger partial charge on any atom is 0.327 e. The van der Waals surface area contributed by atoms with Crippen molar-refractivity contribution in [2.45, 2.75) is 6.42 Å². The molecule has 0 radical (unpaired) electrons. The summed E-state index contributed by atoms with van der Waals surface area (Å²) in [7, 11) is 1.16. The van der Waals surface area contributed by atoms with Crippen molar-refractivity contribution in [2.24, 2.45) is 10.4 Å². The van der Waals surface area contributed by atoms with Crippen LogP contribution in [0, 0.1) is 5.41 Å². The minimum absolute atomic E-state index is 0.0332. The van der Waals surface area contributed by atoms with Gasteiger partial charge in [0.25, 0.3) is 0 Å². The Labute approximate surface area is 104 Å². The summed E-state index contributed by atoms with van der Waals surface area (Å²) in [5.74, 6) is -2.00. The van der Waals surface area contributed by atoms with Crippen molar-refractivity contribution in [3.05, 3.63) is 36.8 Å². The first-order chi connectivity index (χ1) is 8.63. The fourth-order valence-corrected chi connectivity index (χ4v) is 1.35. The third kappa shape index (κ3) is 3.07. The molecule has 6 heteroatoms. The van der Waals surface area contributed by atoms with E-state index in [-0.39, 0.29) is 6.42 Å². The van der Waals surface area contributed by atoms with E-state index in [2.05, 4.69) is 14.7 Å². The van der Waals surface area contributed by atoms with Crippen LogP contribution >= 0.6 is 0 Å². The number of hydrogen-bond donors (Lipinski definition) is 2. The number of hydrogen-bond acceptors (Lipinski definition) is 4. The Morgan fingerprint density at radius 1 is 1.39 bits per heavy atom. The predicted molar refractivity (Wildman–Crippen MR) is 65.1 cm³/mol. The number of nitrogens with zero attached hydrogens (tertiary/aromatic N) is 1. The summed E-state index contributed by atoms with van der Waals surface area (Å²) in [5, 5.41) is 8.88. The number of aromatic nitrogens is 1. The third-order valence-corrected chi connectivity index (χ3v) is 2.39. The topological polar surface area (TPSA) is 91.8 Å². The summed E-state index contributed by atoms with van der Waals surface area (Å²) >= 11 is 0. The number of nitrogens with one attached hydrogen (secondary N) is 1. The van der Waals surface area contributed by atoms with Gasteiger partial charge in [-0.2, -0.15) is 0 Å². The van der Waals surface area contributed by atoms with Crippen molar-refractivity contribution in [1.82, 2.24) is 4.98 Å². The normalized spacial score (nSPS) is 20.7. The highest BCUT2D eigenvalue weighted by atomic mass is 16.5. The highest BCUT2D eigenvalue weighted by molar-refractivity contribution is 6.04. The van der Waals surface area contributed by atoms with Gasteiger partial charge in [0.2, 0.25) is 0 Å². The van der Waals surface area contributed by atoms with Crippen LogP contribution in [0.15, 0.2) is 41.8 Å². The van der Waals surface area contributed by atoms with Crippen LogP contribution in [0.2, 0.25) is 0 Å². The lowest BCUT2D eigenvalue weighted by Crippen LogP contribution is -2.39. The number of carboxylic acid groups (broad SMARTS) is 1. The molecule has 2 heterocycles. The molecule has 96 valence electrons. The number of ether oxygens (including phenoxy) is 1. The molecule has 0 saturated heterocycles. The Kier molecular flexibility index (Phi) is 4.86. The molecule has 1 aliphatic heterocycles. The second-order valence-corrected chi connectivity index (χ2v) is 3.50. The van der Waals surface area contributed by atoms with Gasteiger partial charge in [-0.25, -0.2) is 0 Å². The van der Waals surface area contributed by atoms with Gasteiger partial charge in [0.05, 0.1) is 7.11 Å². The van der Waals surface area contributed by atoms with Gasteiger partial charge in [-0.05, 0) is 18.2 Å². The Balaban J connectivity index is 0.000000269. The van der Waals surface area contributed by atoms with E-state index < -0.39 is 17.4 Å². The summed E-state index contributed by atoms with van der Waals surface area (Å²) in [6.45, 7) is 0. The Morgan fingerprint density at radius 3 is 2.39 bits per heavy atom. The molecule has 0 fully saturated rings. The van der Waals surface area contributed by atoms with Crippen molar-refractivity contribution in [3.63, 3.8) is 0 Å². The van der Waals surface area contributed by atoms with E-state index in [9.17, 15) is 9.59 Å². The van der Waals surface area contributed by atoms with Gasteiger partial charge in [-0.3, -0.25) is 14.6 Å². The summed E-state index contributed by atoms with van der Waals surface area (Å²) in [6.07, 6.45) is 7.69. The molecule has 0 amide bonds. The first-order valence-corrected chi connectivity index (χ1v) is 5.22. The number of H-pyrrole nitrogens is 1. The molecular weight excluding hydrogens is 236 g/mol. The largest absolute Gasteiger partial charge is 0.480 e. The quantitative estimate of drug-likeness (QED) is 0.610. The van der Waals surface area contributed by atoms with Crippen molar-refractivity contribution < 1.29 is 19.4 Å². The molecule has 1 aromatic heterocycles. The maximum absolute atomic E-state index is 11.2. The Hall–Kier alpha value is -2.37. The lowest BCUT2D eigenvalue weighted by atomic mass is 9.84. The van der Waals surface area contributed by atoms with Gasteiger partial charge in [-0.15, -0.1) is 0 Å². The van der Waals surface area contributed by atoms with Crippen molar-refractivity contribution in [3.8, 4) is 0 Å². The van der Waals surface area contributed by atoms with Crippen LogP contribution < -0.4 is 0 Å². The van der Waals surface area contributed by atoms with Crippen LogP contribution in [-0.4, -0.2) is 35.4 Å². The van der Waals surface area contributed by atoms with Crippen LogP contribution in [0.4, 0.5) is 0 Å².